The van der Waals surface area contributed by atoms with Crippen LogP contribution in [-0.2, 0) is 4.74 Å². The molecule has 0 bridgehead atoms. The number of likely N-dealkylation sites (tertiary alicyclic amines) is 1. The molecule has 8 nitrogen and oxygen atoms in total. The van der Waals surface area contributed by atoms with Crippen molar-refractivity contribution >= 4 is 12.1 Å². The number of ether oxygens (including phenoxy) is 1. The summed E-state index contributed by atoms with van der Waals surface area (Å²) in [7, 11) is 1.83. The van der Waals surface area contributed by atoms with Crippen molar-refractivity contribution in [1.82, 2.24) is 25.3 Å². The molecule has 0 spiro atoms. The average molecular weight is 411 g/mol. The van der Waals surface area contributed by atoms with E-state index in [1.165, 1.54) is 0 Å². The number of nitrogens with one attached hydrogen (secondary N) is 2. The molecule has 0 aromatic rings. The van der Waals surface area contributed by atoms with Crippen molar-refractivity contribution in [1.29, 1.82) is 0 Å². The largest absolute Gasteiger partial charge is 0.444 e. The second-order valence-corrected chi connectivity index (χ2v) is 9.58. The van der Waals surface area contributed by atoms with Crippen LogP contribution in [0.4, 0.5) is 4.79 Å². The van der Waals surface area contributed by atoms with Crippen LogP contribution in [0.3, 0.4) is 0 Å². The van der Waals surface area contributed by atoms with Gasteiger partial charge in [0.15, 0.2) is 5.96 Å². The maximum absolute atomic E-state index is 12.2. The molecule has 0 aromatic carbocycles. The molecule has 29 heavy (non-hydrogen) atoms. The molecule has 0 aliphatic carbocycles. The number of guanidine groups is 1. The van der Waals surface area contributed by atoms with Crippen molar-refractivity contribution in [2.45, 2.75) is 59.2 Å². The summed E-state index contributed by atoms with van der Waals surface area (Å²) in [4.78, 5) is 23.3. The highest BCUT2D eigenvalue weighted by atomic mass is 16.6. The third-order valence-electron chi connectivity index (χ3n) is 5.66. The van der Waals surface area contributed by atoms with Gasteiger partial charge in [-0.25, -0.2) is 4.79 Å². The molecule has 0 aromatic heterocycles. The van der Waals surface area contributed by atoms with E-state index >= 15 is 0 Å². The Morgan fingerprint density at radius 2 is 1.83 bits per heavy atom. The lowest BCUT2D eigenvalue weighted by Crippen LogP contribution is -2.52. The van der Waals surface area contributed by atoms with E-state index in [9.17, 15) is 4.79 Å². The van der Waals surface area contributed by atoms with Gasteiger partial charge in [0, 0.05) is 71.5 Å². The molecule has 2 N–H and O–H groups in total. The lowest BCUT2D eigenvalue weighted by atomic mass is 10.1. The molecule has 2 aliphatic rings. The predicted molar refractivity (Wildman–Crippen MR) is 118 cm³/mol. The first-order valence-electron chi connectivity index (χ1n) is 11.0. The number of amides is 1. The van der Waals surface area contributed by atoms with Gasteiger partial charge < -0.3 is 20.3 Å². The predicted octanol–water partition coefficient (Wildman–Crippen LogP) is 1.43. The highest BCUT2D eigenvalue weighted by molar-refractivity contribution is 5.80. The summed E-state index contributed by atoms with van der Waals surface area (Å²) < 4.78 is 5.46. The molecule has 2 heterocycles. The Morgan fingerprint density at radius 1 is 1.17 bits per heavy atom. The third kappa shape index (κ3) is 7.66. The van der Waals surface area contributed by atoms with Gasteiger partial charge in [0.2, 0.25) is 0 Å². The van der Waals surface area contributed by atoms with Gasteiger partial charge in [0.1, 0.15) is 5.60 Å². The highest BCUT2D eigenvalue weighted by Gasteiger charge is 2.31. The summed E-state index contributed by atoms with van der Waals surface area (Å²) in [6.45, 7) is 19.7. The molecule has 2 rings (SSSR count). The van der Waals surface area contributed by atoms with Crippen LogP contribution in [0.1, 0.15) is 41.5 Å². The first-order chi connectivity index (χ1) is 13.6. The van der Waals surface area contributed by atoms with Crippen molar-refractivity contribution in [3.05, 3.63) is 0 Å². The minimum absolute atomic E-state index is 0.207. The smallest absolute Gasteiger partial charge is 0.410 e. The van der Waals surface area contributed by atoms with Gasteiger partial charge in [-0.3, -0.25) is 14.8 Å². The fraction of sp³-hybridized carbons (Fsp3) is 0.905. The van der Waals surface area contributed by atoms with E-state index in [4.69, 9.17) is 4.74 Å². The normalized spacial score (nSPS) is 24.8. The lowest BCUT2D eigenvalue weighted by molar-refractivity contribution is 0.0147. The molecule has 8 heteroatoms. The Hall–Kier alpha value is -1.54. The number of piperazine rings is 1. The number of carbonyl (C=O) groups excluding carboxylic acids is 1. The molecule has 2 saturated heterocycles. The third-order valence-corrected chi connectivity index (χ3v) is 5.66. The maximum atomic E-state index is 12.2. The molecule has 2 atom stereocenters. The second-order valence-electron chi connectivity index (χ2n) is 9.58. The zero-order chi connectivity index (χ0) is 21.6. The van der Waals surface area contributed by atoms with E-state index in [-0.39, 0.29) is 6.09 Å². The van der Waals surface area contributed by atoms with E-state index in [1.54, 1.807) is 4.90 Å². The lowest BCUT2D eigenvalue weighted by Gasteiger charge is -2.35. The van der Waals surface area contributed by atoms with E-state index in [0.717, 1.165) is 45.2 Å². The van der Waals surface area contributed by atoms with Gasteiger partial charge in [-0.2, -0.15) is 0 Å². The van der Waals surface area contributed by atoms with E-state index in [2.05, 4.69) is 46.2 Å². The Labute approximate surface area is 177 Å². The van der Waals surface area contributed by atoms with Crippen LogP contribution in [0.15, 0.2) is 4.99 Å². The summed E-state index contributed by atoms with van der Waals surface area (Å²) in [5, 5.41) is 7.04. The number of aliphatic imine (C=N–C) groups is 1. The maximum Gasteiger partial charge on any atom is 0.410 e. The monoisotopic (exact) mass is 410 g/mol. The second kappa shape index (κ2) is 10.5. The average Bonchev–Trinajstić information content (AvgIpc) is 3.01. The quantitative estimate of drug-likeness (QED) is 0.528. The molecule has 168 valence electrons. The van der Waals surface area contributed by atoms with Gasteiger partial charge in [0.05, 0.1) is 0 Å². The van der Waals surface area contributed by atoms with Gasteiger partial charge in [-0.15, -0.1) is 0 Å². The number of hydrogen-bond donors (Lipinski definition) is 2. The van der Waals surface area contributed by atoms with Crippen molar-refractivity contribution in [3.8, 4) is 0 Å². The fourth-order valence-corrected chi connectivity index (χ4v) is 3.80. The molecule has 0 saturated carbocycles. The number of hydrogen-bond acceptors (Lipinski definition) is 5. The van der Waals surface area contributed by atoms with Crippen LogP contribution in [0, 0.1) is 5.92 Å². The van der Waals surface area contributed by atoms with Gasteiger partial charge >= 0.3 is 6.09 Å². The standard InChI is InChI=1S/C21H42N6O2/c1-16(2)27-14-17(3)18(15-27)24-19(22-7)23-8-9-25-10-12-26(13-11-25)20(28)29-21(4,5)6/h16-18H,8-15H2,1-7H3,(H2,22,23,24). The zero-order valence-electron chi connectivity index (χ0n) is 19.5. The summed E-state index contributed by atoms with van der Waals surface area (Å²) in [5.41, 5.74) is -0.440. The van der Waals surface area contributed by atoms with E-state index in [0.29, 0.717) is 31.1 Å². The van der Waals surface area contributed by atoms with Crippen LogP contribution in [0.2, 0.25) is 0 Å². The topological polar surface area (TPSA) is 72.4 Å². The van der Waals surface area contributed by atoms with Crippen molar-refractivity contribution in [3.63, 3.8) is 0 Å². The molecule has 2 unspecified atom stereocenters. The summed E-state index contributed by atoms with van der Waals surface area (Å²) >= 11 is 0. The van der Waals surface area contributed by atoms with Crippen LogP contribution < -0.4 is 10.6 Å². The molecule has 0 radical (unpaired) electrons. The SMILES string of the molecule is CN=C(NCCN1CCN(C(=O)OC(C)(C)C)CC1)NC1CN(C(C)C)CC1C. The highest BCUT2D eigenvalue weighted by Crippen LogP contribution is 2.18. The first kappa shape index (κ1) is 23.7. The summed E-state index contributed by atoms with van der Waals surface area (Å²) in [6, 6.07) is 1.01. The van der Waals surface area contributed by atoms with Crippen LogP contribution in [-0.4, -0.2) is 104 Å². The van der Waals surface area contributed by atoms with Crippen LogP contribution in [0.5, 0.6) is 0 Å². The van der Waals surface area contributed by atoms with E-state index in [1.807, 2.05) is 27.8 Å². The molecule has 2 fully saturated rings. The Balaban J connectivity index is 1.67. The van der Waals surface area contributed by atoms with E-state index < -0.39 is 5.60 Å². The minimum atomic E-state index is -0.440. The van der Waals surface area contributed by atoms with Crippen molar-refractivity contribution < 1.29 is 9.53 Å². The van der Waals surface area contributed by atoms with Crippen molar-refractivity contribution in [2.75, 3.05) is 59.4 Å². The molecular weight excluding hydrogens is 368 g/mol. The fourth-order valence-electron chi connectivity index (χ4n) is 3.80. The first-order valence-corrected chi connectivity index (χ1v) is 11.0. The molecule has 1 amide bonds. The molecule has 2 aliphatic heterocycles. The Bertz CT molecular complexity index is 552. The summed E-state index contributed by atoms with van der Waals surface area (Å²) in [6.07, 6.45) is -0.207. The van der Waals surface area contributed by atoms with Gasteiger partial charge in [0.25, 0.3) is 0 Å². The number of rotatable bonds is 5. The summed E-state index contributed by atoms with van der Waals surface area (Å²) in [5.74, 6) is 1.48. The molecular formula is C21H42N6O2. The van der Waals surface area contributed by atoms with Crippen molar-refractivity contribution in [2.24, 2.45) is 10.9 Å². The van der Waals surface area contributed by atoms with Gasteiger partial charge in [-0.05, 0) is 40.5 Å². The van der Waals surface area contributed by atoms with Crippen LogP contribution in [0.25, 0.3) is 0 Å². The number of nitrogens with zero attached hydrogens (tertiary/aromatic N) is 4. The number of carbonyl (C=O) groups is 1. The van der Waals surface area contributed by atoms with Crippen LogP contribution >= 0.6 is 0 Å². The van der Waals surface area contributed by atoms with Gasteiger partial charge in [-0.1, -0.05) is 6.92 Å². The minimum Gasteiger partial charge on any atom is -0.444 e. The Kier molecular flexibility index (Phi) is 8.58. The Morgan fingerprint density at radius 3 is 2.34 bits per heavy atom. The zero-order valence-corrected chi connectivity index (χ0v) is 19.5.